The first kappa shape index (κ1) is 59.3. The van der Waals surface area contributed by atoms with E-state index in [2.05, 4.69) is 112 Å². The lowest BCUT2D eigenvalue weighted by molar-refractivity contribution is -0.166. The molecule has 0 aliphatic heterocycles. The highest BCUT2D eigenvalue weighted by Gasteiger charge is 2.19. The van der Waals surface area contributed by atoms with Gasteiger partial charge in [-0.05, 0) is 109 Å². The fraction of sp³-hybridized carbons (Fsp3) is 0.667. The largest absolute Gasteiger partial charge is 0.462 e. The van der Waals surface area contributed by atoms with Crippen molar-refractivity contribution in [1.29, 1.82) is 0 Å². The highest BCUT2D eigenvalue weighted by Crippen LogP contribution is 2.12. The Morgan fingerprint density at radius 3 is 1.05 bits per heavy atom. The number of esters is 3. The topological polar surface area (TPSA) is 78.9 Å². The van der Waals surface area contributed by atoms with Gasteiger partial charge in [0.2, 0.25) is 0 Å². The maximum Gasteiger partial charge on any atom is 0.306 e. The van der Waals surface area contributed by atoms with Crippen molar-refractivity contribution in [2.45, 2.75) is 232 Å². The molecule has 0 rings (SSSR count). The number of allylic oxidation sites excluding steroid dienone is 16. The van der Waals surface area contributed by atoms with Crippen LogP contribution in [0.25, 0.3) is 0 Å². The van der Waals surface area contributed by atoms with Crippen LogP contribution in [0.15, 0.2) is 97.2 Å². The maximum absolute atomic E-state index is 12.8. The van der Waals surface area contributed by atoms with Gasteiger partial charge in [-0.15, -0.1) is 0 Å². The highest BCUT2D eigenvalue weighted by molar-refractivity contribution is 5.71. The van der Waals surface area contributed by atoms with Crippen molar-refractivity contribution >= 4 is 17.9 Å². The number of unbranched alkanes of at least 4 members (excludes halogenated alkanes) is 18. The van der Waals surface area contributed by atoms with Crippen molar-refractivity contribution in [3.8, 4) is 0 Å². The summed E-state index contributed by atoms with van der Waals surface area (Å²) in [6.45, 7) is 6.45. The minimum absolute atomic E-state index is 0.112. The quantitative estimate of drug-likeness (QED) is 0.0262. The number of carbonyl (C=O) groups is 3. The Kier molecular flexibility index (Phi) is 48.0. The van der Waals surface area contributed by atoms with E-state index < -0.39 is 6.10 Å². The molecule has 0 N–H and O–H groups in total. The summed E-state index contributed by atoms with van der Waals surface area (Å²) in [5.41, 5.74) is 0. The lowest BCUT2D eigenvalue weighted by atomic mass is 10.1. The summed E-state index contributed by atoms with van der Waals surface area (Å²) in [5, 5.41) is 0. The Hall–Kier alpha value is -3.67. The van der Waals surface area contributed by atoms with Crippen LogP contribution in [0.1, 0.15) is 226 Å². The lowest BCUT2D eigenvalue weighted by Crippen LogP contribution is -2.30. The molecule has 1 atom stereocenters. The second-order valence-corrected chi connectivity index (χ2v) is 16.7. The minimum atomic E-state index is -0.817. The molecule has 0 aromatic rings. The Balaban J connectivity index is 4.51. The number of rotatable bonds is 45. The Labute approximate surface area is 387 Å². The Bertz CT molecular complexity index is 1280. The van der Waals surface area contributed by atoms with Gasteiger partial charge in [0.05, 0.1) is 0 Å². The number of hydrogen-bond acceptors (Lipinski definition) is 6. The summed E-state index contributed by atoms with van der Waals surface area (Å²) in [6, 6.07) is 0. The smallest absolute Gasteiger partial charge is 0.306 e. The van der Waals surface area contributed by atoms with Crippen LogP contribution in [-0.4, -0.2) is 37.2 Å². The molecule has 0 bridgehead atoms. The molecule has 0 spiro atoms. The molecule has 0 aliphatic rings. The molecular weight excluding hydrogens is 781 g/mol. The molecule has 0 unspecified atom stereocenters. The van der Waals surface area contributed by atoms with Crippen LogP contribution in [0.4, 0.5) is 0 Å². The molecule has 0 saturated heterocycles. The van der Waals surface area contributed by atoms with Gasteiger partial charge in [-0.1, -0.05) is 195 Å². The van der Waals surface area contributed by atoms with Crippen LogP contribution < -0.4 is 0 Å². The van der Waals surface area contributed by atoms with Gasteiger partial charge in [0.1, 0.15) is 13.2 Å². The first-order valence-corrected chi connectivity index (χ1v) is 25.7. The summed E-state index contributed by atoms with van der Waals surface area (Å²) >= 11 is 0. The zero-order valence-electron chi connectivity index (χ0n) is 40.8. The summed E-state index contributed by atoms with van der Waals surface area (Å²) in [7, 11) is 0. The first-order valence-electron chi connectivity index (χ1n) is 25.7. The van der Waals surface area contributed by atoms with E-state index in [1.165, 1.54) is 77.0 Å². The molecule has 6 heteroatoms. The number of ether oxygens (including phenoxy) is 3. The van der Waals surface area contributed by atoms with Gasteiger partial charge in [-0.3, -0.25) is 14.4 Å². The van der Waals surface area contributed by atoms with Crippen LogP contribution in [-0.2, 0) is 28.6 Å². The van der Waals surface area contributed by atoms with Crippen LogP contribution in [0.5, 0.6) is 0 Å². The van der Waals surface area contributed by atoms with E-state index in [1.54, 1.807) is 0 Å². The molecular formula is C57H94O6. The summed E-state index contributed by atoms with van der Waals surface area (Å²) in [5.74, 6) is -1.03. The summed E-state index contributed by atoms with van der Waals surface area (Å²) < 4.78 is 16.7. The third-order valence-corrected chi connectivity index (χ3v) is 10.5. The van der Waals surface area contributed by atoms with Crippen molar-refractivity contribution < 1.29 is 28.6 Å². The fourth-order valence-electron chi connectivity index (χ4n) is 6.61. The van der Waals surface area contributed by atoms with E-state index >= 15 is 0 Å². The Morgan fingerprint density at radius 2 is 0.619 bits per heavy atom. The van der Waals surface area contributed by atoms with Gasteiger partial charge in [-0.25, -0.2) is 0 Å². The molecule has 0 fully saturated rings. The van der Waals surface area contributed by atoms with E-state index in [9.17, 15) is 14.4 Å². The van der Waals surface area contributed by atoms with Crippen molar-refractivity contribution in [3.05, 3.63) is 97.2 Å². The van der Waals surface area contributed by atoms with Crippen LogP contribution in [0.2, 0.25) is 0 Å². The minimum Gasteiger partial charge on any atom is -0.462 e. The van der Waals surface area contributed by atoms with E-state index in [0.717, 1.165) is 103 Å². The molecule has 0 heterocycles. The zero-order chi connectivity index (χ0) is 45.8. The van der Waals surface area contributed by atoms with Gasteiger partial charge >= 0.3 is 17.9 Å². The van der Waals surface area contributed by atoms with Crippen LogP contribution >= 0.6 is 0 Å². The SMILES string of the molecule is CCCC/C=C\CCCCCCCC(=O)O[C@H](COC(=O)CC/C=C\C/C=C\C/C=C\C/C=C\C/C=C\CCCCC)COC(=O)CCCCCCC/C=C\C/C=C\CCCCC. The molecule has 358 valence electrons. The molecule has 0 radical (unpaired) electrons. The molecule has 0 aliphatic carbocycles. The molecule has 0 aromatic carbocycles. The molecule has 0 saturated carbocycles. The second-order valence-electron chi connectivity index (χ2n) is 16.7. The van der Waals surface area contributed by atoms with Crippen molar-refractivity contribution in [2.75, 3.05) is 13.2 Å². The maximum atomic E-state index is 12.8. The van der Waals surface area contributed by atoms with Gasteiger partial charge in [0.15, 0.2) is 6.10 Å². The van der Waals surface area contributed by atoms with Gasteiger partial charge in [0.25, 0.3) is 0 Å². The van der Waals surface area contributed by atoms with Crippen LogP contribution in [0, 0.1) is 0 Å². The van der Waals surface area contributed by atoms with Gasteiger partial charge in [0, 0.05) is 19.3 Å². The van der Waals surface area contributed by atoms with Gasteiger partial charge in [-0.2, -0.15) is 0 Å². The normalized spacial score (nSPS) is 12.9. The van der Waals surface area contributed by atoms with Crippen molar-refractivity contribution in [2.24, 2.45) is 0 Å². The molecule has 6 nitrogen and oxygen atoms in total. The predicted molar refractivity (Wildman–Crippen MR) is 270 cm³/mol. The monoisotopic (exact) mass is 875 g/mol. The average Bonchev–Trinajstić information content (AvgIpc) is 3.28. The molecule has 0 amide bonds. The highest BCUT2D eigenvalue weighted by atomic mass is 16.6. The number of hydrogen-bond donors (Lipinski definition) is 0. The van der Waals surface area contributed by atoms with E-state index in [1.807, 2.05) is 6.08 Å². The summed E-state index contributed by atoms with van der Waals surface area (Å²) in [6.07, 6.45) is 66.8. The third kappa shape index (κ3) is 49.2. The molecule has 63 heavy (non-hydrogen) atoms. The average molecular weight is 875 g/mol. The van der Waals surface area contributed by atoms with E-state index in [4.69, 9.17) is 14.2 Å². The summed E-state index contributed by atoms with van der Waals surface area (Å²) in [4.78, 5) is 37.9. The first-order chi connectivity index (χ1) is 31.0. The van der Waals surface area contributed by atoms with Crippen LogP contribution in [0.3, 0.4) is 0 Å². The third-order valence-electron chi connectivity index (χ3n) is 10.5. The number of carbonyl (C=O) groups excluding carboxylic acids is 3. The predicted octanol–water partition coefficient (Wildman–Crippen LogP) is 17.0. The molecule has 0 aromatic heterocycles. The van der Waals surface area contributed by atoms with E-state index in [0.29, 0.717) is 19.3 Å². The standard InChI is InChI=1S/C57H94O6/c1-4-7-10-13-16-19-22-24-26-27-28-29-31-33-36-38-41-44-47-50-56(59)62-53-54(63-57(60)51-48-45-42-39-34-21-18-15-12-9-6-3)52-61-55(58)49-46-43-40-37-35-32-30-25-23-20-17-14-11-8-5-2/h15-20,24-26,28-30,33,36,41,44,54H,4-14,21-23,27,31-32,34-35,37-40,42-43,45-53H2,1-3H3/b18-15-,19-16-,20-17-,26-24-,29-28-,30-25-,36-33-,44-41-/t54-/m0/s1. The zero-order valence-corrected chi connectivity index (χ0v) is 40.8. The van der Waals surface area contributed by atoms with Crippen molar-refractivity contribution in [3.63, 3.8) is 0 Å². The van der Waals surface area contributed by atoms with Gasteiger partial charge < -0.3 is 14.2 Å². The van der Waals surface area contributed by atoms with Crippen molar-refractivity contribution in [1.82, 2.24) is 0 Å². The Morgan fingerprint density at radius 1 is 0.317 bits per heavy atom. The van der Waals surface area contributed by atoms with E-state index in [-0.39, 0.29) is 37.5 Å². The second kappa shape index (κ2) is 51.0. The lowest BCUT2D eigenvalue weighted by Gasteiger charge is -2.18. The fourth-order valence-corrected chi connectivity index (χ4v) is 6.61.